The van der Waals surface area contributed by atoms with Crippen LogP contribution in [0.15, 0.2) is 47.7 Å². The van der Waals surface area contributed by atoms with Crippen LogP contribution in [0.4, 0.5) is 0 Å². The largest absolute Gasteiger partial charge is 0.383 e. The number of benzene rings is 1. The summed E-state index contributed by atoms with van der Waals surface area (Å²) in [6, 6.07) is 9.92. The molecule has 3 heteroatoms. The molecule has 0 aromatic heterocycles. The molecule has 2 nitrogen and oxygen atoms in total. The van der Waals surface area contributed by atoms with Crippen LogP contribution in [-0.2, 0) is 6.42 Å². The molecule has 0 fully saturated rings. The van der Waals surface area contributed by atoms with Gasteiger partial charge in [-0.2, -0.15) is 5.26 Å². The number of rotatable bonds is 2. The van der Waals surface area contributed by atoms with Crippen LogP contribution < -0.4 is 5.32 Å². The highest BCUT2D eigenvalue weighted by atomic mass is 35.5. The van der Waals surface area contributed by atoms with Crippen LogP contribution >= 0.6 is 11.6 Å². The maximum absolute atomic E-state index is 8.70. The fraction of sp³-hybridized carbons (Fsp3) is 0.154. The first-order valence-electron chi connectivity index (χ1n) is 5.06. The number of nitriles is 1. The Balaban J connectivity index is 2.07. The molecule has 0 saturated heterocycles. The van der Waals surface area contributed by atoms with E-state index in [2.05, 4.69) is 11.4 Å². The number of dihydropyridines is 1. The zero-order valence-electron chi connectivity index (χ0n) is 8.70. The van der Waals surface area contributed by atoms with Crippen molar-refractivity contribution < 1.29 is 0 Å². The molecule has 1 heterocycles. The fourth-order valence-electron chi connectivity index (χ4n) is 1.55. The Morgan fingerprint density at radius 1 is 1.25 bits per heavy atom. The van der Waals surface area contributed by atoms with Gasteiger partial charge in [-0.1, -0.05) is 23.7 Å². The minimum atomic E-state index is 0.621. The third-order valence-corrected chi connectivity index (χ3v) is 2.70. The molecule has 0 radical (unpaired) electrons. The van der Waals surface area contributed by atoms with E-state index in [-0.39, 0.29) is 0 Å². The SMILES string of the molecule is N#CC1=CC=C(Cc2ccc(Cl)cc2)NC1. The second kappa shape index (κ2) is 4.87. The molecule has 1 aliphatic heterocycles. The molecule has 0 saturated carbocycles. The molecule has 0 spiro atoms. The van der Waals surface area contributed by atoms with Gasteiger partial charge in [-0.05, 0) is 29.8 Å². The van der Waals surface area contributed by atoms with Crippen LogP contribution in [0, 0.1) is 11.3 Å². The molecule has 1 N–H and O–H groups in total. The van der Waals surface area contributed by atoms with E-state index >= 15 is 0 Å². The summed E-state index contributed by atoms with van der Waals surface area (Å²) in [4.78, 5) is 0. The summed E-state index contributed by atoms with van der Waals surface area (Å²) in [6.45, 7) is 0.621. The van der Waals surface area contributed by atoms with Crippen LogP contribution in [-0.4, -0.2) is 6.54 Å². The highest BCUT2D eigenvalue weighted by Gasteiger charge is 2.05. The van der Waals surface area contributed by atoms with Gasteiger partial charge in [0.15, 0.2) is 0 Å². The van der Waals surface area contributed by atoms with Crippen molar-refractivity contribution in [3.63, 3.8) is 0 Å². The molecule has 80 valence electrons. The van der Waals surface area contributed by atoms with Crippen molar-refractivity contribution in [2.45, 2.75) is 6.42 Å². The van der Waals surface area contributed by atoms with Crippen LogP contribution in [0.25, 0.3) is 0 Å². The minimum Gasteiger partial charge on any atom is -0.383 e. The van der Waals surface area contributed by atoms with E-state index in [0.29, 0.717) is 6.54 Å². The van der Waals surface area contributed by atoms with E-state index < -0.39 is 0 Å². The number of nitrogens with zero attached hydrogens (tertiary/aromatic N) is 1. The first kappa shape index (κ1) is 10.8. The van der Waals surface area contributed by atoms with Crippen LogP contribution in [0.3, 0.4) is 0 Å². The first-order chi connectivity index (χ1) is 7.78. The Labute approximate surface area is 99.8 Å². The van der Waals surface area contributed by atoms with E-state index in [1.807, 2.05) is 36.4 Å². The van der Waals surface area contributed by atoms with Crippen molar-refractivity contribution in [3.8, 4) is 6.07 Å². The molecular weight excluding hydrogens is 220 g/mol. The van der Waals surface area contributed by atoms with Gasteiger partial charge >= 0.3 is 0 Å². The molecule has 1 aromatic rings. The molecule has 2 rings (SSSR count). The number of allylic oxidation sites excluding steroid dienone is 3. The van der Waals surface area contributed by atoms with Crippen molar-refractivity contribution in [1.29, 1.82) is 5.26 Å². The third kappa shape index (κ3) is 2.65. The zero-order chi connectivity index (χ0) is 11.4. The van der Waals surface area contributed by atoms with Crippen molar-refractivity contribution in [3.05, 3.63) is 58.3 Å². The van der Waals surface area contributed by atoms with E-state index in [1.54, 1.807) is 0 Å². The second-order valence-electron chi connectivity index (χ2n) is 3.65. The van der Waals surface area contributed by atoms with Crippen molar-refractivity contribution in [2.24, 2.45) is 0 Å². The number of hydrogen-bond donors (Lipinski definition) is 1. The van der Waals surface area contributed by atoms with Gasteiger partial charge in [0.25, 0.3) is 0 Å². The van der Waals surface area contributed by atoms with Gasteiger partial charge in [-0.15, -0.1) is 0 Å². The highest BCUT2D eigenvalue weighted by Crippen LogP contribution is 2.13. The lowest BCUT2D eigenvalue weighted by Gasteiger charge is -2.13. The van der Waals surface area contributed by atoms with E-state index in [0.717, 1.165) is 22.7 Å². The van der Waals surface area contributed by atoms with Crippen LogP contribution in [0.5, 0.6) is 0 Å². The number of halogens is 1. The Bertz CT molecular complexity index is 478. The summed E-state index contributed by atoms with van der Waals surface area (Å²) in [5.41, 5.74) is 3.10. The summed E-state index contributed by atoms with van der Waals surface area (Å²) in [6.07, 6.45) is 4.66. The van der Waals surface area contributed by atoms with E-state index in [4.69, 9.17) is 16.9 Å². The van der Waals surface area contributed by atoms with Gasteiger partial charge in [-0.3, -0.25) is 0 Å². The topological polar surface area (TPSA) is 35.8 Å². The average molecular weight is 231 g/mol. The van der Waals surface area contributed by atoms with Gasteiger partial charge < -0.3 is 5.32 Å². The van der Waals surface area contributed by atoms with Crippen molar-refractivity contribution >= 4 is 11.6 Å². The first-order valence-corrected chi connectivity index (χ1v) is 5.44. The van der Waals surface area contributed by atoms with Crippen LogP contribution in [0.2, 0.25) is 5.02 Å². The summed E-state index contributed by atoms with van der Waals surface area (Å²) >= 11 is 5.82. The molecule has 0 unspecified atom stereocenters. The van der Waals surface area contributed by atoms with Crippen molar-refractivity contribution in [1.82, 2.24) is 5.32 Å². The molecule has 0 amide bonds. The van der Waals surface area contributed by atoms with Gasteiger partial charge in [-0.25, -0.2) is 0 Å². The molecule has 16 heavy (non-hydrogen) atoms. The molecule has 0 bridgehead atoms. The molecular formula is C13H11ClN2. The summed E-state index contributed by atoms with van der Waals surface area (Å²) in [5.74, 6) is 0. The summed E-state index contributed by atoms with van der Waals surface area (Å²) in [7, 11) is 0. The van der Waals surface area contributed by atoms with Crippen LogP contribution in [0.1, 0.15) is 5.56 Å². The van der Waals surface area contributed by atoms with Gasteiger partial charge in [0.1, 0.15) is 0 Å². The Hall–Kier alpha value is -1.72. The lowest BCUT2D eigenvalue weighted by atomic mass is 10.1. The molecule has 1 aliphatic rings. The van der Waals surface area contributed by atoms with Gasteiger partial charge in [0, 0.05) is 29.3 Å². The lowest BCUT2D eigenvalue weighted by molar-refractivity contribution is 0.830. The van der Waals surface area contributed by atoms with Gasteiger partial charge in [0.2, 0.25) is 0 Å². The normalized spacial score (nSPS) is 14.5. The smallest absolute Gasteiger partial charge is 0.0966 e. The summed E-state index contributed by atoms with van der Waals surface area (Å²) < 4.78 is 0. The Morgan fingerprint density at radius 3 is 2.56 bits per heavy atom. The summed E-state index contributed by atoms with van der Waals surface area (Å²) in [5, 5.41) is 12.7. The predicted molar refractivity (Wildman–Crippen MR) is 64.9 cm³/mol. The zero-order valence-corrected chi connectivity index (χ0v) is 9.46. The Morgan fingerprint density at radius 2 is 2.00 bits per heavy atom. The van der Waals surface area contributed by atoms with E-state index in [1.165, 1.54) is 5.56 Å². The molecule has 0 atom stereocenters. The minimum absolute atomic E-state index is 0.621. The standard InChI is InChI=1S/C13H11ClN2/c14-12-4-1-10(2-5-12)7-13-6-3-11(8-15)9-16-13/h1-6,16H,7,9H2. The average Bonchev–Trinajstić information content (AvgIpc) is 2.33. The quantitative estimate of drug-likeness (QED) is 0.848. The fourth-order valence-corrected chi connectivity index (χ4v) is 1.67. The maximum Gasteiger partial charge on any atom is 0.0966 e. The lowest BCUT2D eigenvalue weighted by Crippen LogP contribution is -2.20. The molecule has 1 aromatic carbocycles. The number of nitrogens with one attached hydrogen (secondary N) is 1. The number of hydrogen-bond acceptors (Lipinski definition) is 2. The van der Waals surface area contributed by atoms with Crippen molar-refractivity contribution in [2.75, 3.05) is 6.54 Å². The molecule has 0 aliphatic carbocycles. The Kier molecular flexibility index (Phi) is 3.28. The van der Waals surface area contributed by atoms with E-state index in [9.17, 15) is 0 Å². The highest BCUT2D eigenvalue weighted by molar-refractivity contribution is 6.30. The predicted octanol–water partition coefficient (Wildman–Crippen LogP) is 2.82. The van der Waals surface area contributed by atoms with Gasteiger partial charge in [0.05, 0.1) is 6.07 Å². The maximum atomic E-state index is 8.70. The second-order valence-corrected chi connectivity index (χ2v) is 4.09. The monoisotopic (exact) mass is 230 g/mol. The third-order valence-electron chi connectivity index (χ3n) is 2.44.